The first kappa shape index (κ1) is 23.2. The van der Waals surface area contributed by atoms with E-state index in [9.17, 15) is 0 Å². The van der Waals surface area contributed by atoms with Crippen LogP contribution in [0.2, 0.25) is 0 Å². The maximum Gasteiger partial charge on any atom is 2.00 e. The van der Waals surface area contributed by atoms with E-state index >= 15 is 0 Å². The van der Waals surface area contributed by atoms with Crippen LogP contribution in [0.15, 0.2) is 0 Å². The minimum atomic E-state index is -5.39. The van der Waals surface area contributed by atoms with Gasteiger partial charge in [-0.3, -0.25) is 4.55 Å². The molecule has 0 aromatic carbocycles. The van der Waals surface area contributed by atoms with Gasteiger partial charge in [-0.15, -0.1) is 0 Å². The maximum atomic E-state index is 8.63. The van der Waals surface area contributed by atoms with E-state index in [4.69, 9.17) is 36.8 Å². The van der Waals surface area contributed by atoms with Crippen LogP contribution in [-0.4, -0.2) is 17.5 Å². The van der Waals surface area contributed by atoms with Gasteiger partial charge in [-0.25, -0.2) is 8.42 Å². The summed E-state index contributed by atoms with van der Waals surface area (Å²) in [6.07, 6.45) is 0. The van der Waals surface area contributed by atoms with E-state index in [1.165, 1.54) is 0 Å². The quantitative estimate of drug-likeness (QED) is 0.205. The van der Waals surface area contributed by atoms with Crippen LogP contribution in [-0.2, 0) is 53.9 Å². The zero-order chi connectivity index (χ0) is 9.00. The second-order valence-electron chi connectivity index (χ2n) is 0.875. The van der Waals surface area contributed by atoms with Crippen molar-refractivity contribution in [2.75, 3.05) is 0 Å². The third-order valence-corrected chi connectivity index (χ3v) is 0. The van der Waals surface area contributed by atoms with E-state index in [1.54, 1.807) is 0 Å². The summed E-state index contributed by atoms with van der Waals surface area (Å²) >= 11 is 0. The Morgan fingerprint density at radius 1 is 1.08 bits per heavy atom. The minimum Gasteiger partial charge on any atom is -0.822 e. The average molecular weight is 323 g/mol. The summed E-state index contributed by atoms with van der Waals surface area (Å²) in [6, 6.07) is 0. The molecule has 64 valence electrons. The predicted octanol–water partition coefficient (Wildman–Crippen LogP) is -3.83. The van der Waals surface area contributed by atoms with Gasteiger partial charge in [0.2, 0.25) is 10.4 Å². The van der Waals surface area contributed by atoms with E-state index in [2.05, 4.69) is 0 Å². The van der Waals surface area contributed by atoms with Crippen LogP contribution >= 0.6 is 7.82 Å². The molecule has 0 bridgehead atoms. The van der Waals surface area contributed by atoms with Crippen LogP contribution in [0.5, 0.6) is 0 Å². The third-order valence-electron chi connectivity index (χ3n) is 0. The Hall–Kier alpha value is 1.23. The van der Waals surface area contributed by atoms with Gasteiger partial charge in [-0.1, -0.05) is 0 Å². The number of hydrogen-bond acceptors (Lipinski definition) is 7. The molecule has 0 radical (unpaired) electrons. The molecule has 0 aromatic rings. The molecule has 0 aromatic heterocycles. The van der Waals surface area contributed by atoms with Crippen LogP contribution < -0.4 is 14.7 Å². The molecule has 0 saturated heterocycles. The number of hydrogen-bond donors (Lipinski definition) is 1. The maximum absolute atomic E-state index is 8.63. The molecule has 1 N–H and O–H groups in total. The Bertz CT molecular complexity index is 195. The van der Waals surface area contributed by atoms with Crippen LogP contribution in [0, 0.1) is 0 Å². The molecule has 0 unspecified atom stereocenters. The molecule has 0 aliphatic carbocycles. The summed E-state index contributed by atoms with van der Waals surface area (Å²) in [5, 5.41) is 0. The van der Waals surface area contributed by atoms with Crippen molar-refractivity contribution in [1.82, 2.24) is 0 Å². The molecular weight excluding hydrogens is 322 g/mol. The van der Waals surface area contributed by atoms with Gasteiger partial charge < -0.3 is 23.8 Å². The topological polar surface area (TPSA) is 164 Å². The Kier molecular flexibility index (Phi) is 17.0. The van der Waals surface area contributed by atoms with Crippen molar-refractivity contribution < 1.29 is 75.7 Å². The van der Waals surface area contributed by atoms with Gasteiger partial charge in [0, 0.05) is 0 Å². The van der Waals surface area contributed by atoms with Crippen molar-refractivity contribution in [3.63, 3.8) is 0 Å². The smallest absolute Gasteiger partial charge is 0.822 e. The number of rotatable bonds is 0. The SMILES string of the molecule is O=P([O-])([O-])[O-].O=S(=O)([O-])O.[Zn+2].[Zn+2]. The summed E-state index contributed by atoms with van der Waals surface area (Å²) in [6.45, 7) is 0. The minimum absolute atomic E-state index is 0. The zero-order valence-electron chi connectivity index (χ0n) is 5.57. The first-order valence-corrected chi connectivity index (χ1v) is 4.24. The molecule has 0 fully saturated rings. The van der Waals surface area contributed by atoms with E-state index in [1.807, 2.05) is 0 Å². The van der Waals surface area contributed by atoms with Gasteiger partial charge in [0.1, 0.15) is 0 Å². The largest absolute Gasteiger partial charge is 2.00 e. The molecular formula is HO8PSZn2. The monoisotopic (exact) mass is 320 g/mol. The van der Waals surface area contributed by atoms with Gasteiger partial charge in [0.05, 0.1) is 0 Å². The third kappa shape index (κ3) is 780. The summed E-state index contributed by atoms with van der Waals surface area (Å²) in [7, 11) is -10.3. The van der Waals surface area contributed by atoms with Crippen molar-refractivity contribution in [2.45, 2.75) is 0 Å². The zero-order valence-corrected chi connectivity index (χ0v) is 13.2. The Labute approximate surface area is 93.7 Å². The summed E-state index contributed by atoms with van der Waals surface area (Å²) in [4.78, 5) is 25.6. The molecule has 12 heteroatoms. The Morgan fingerprint density at radius 2 is 1.08 bits per heavy atom. The average Bonchev–Trinajstić information content (AvgIpc) is 1.12. The van der Waals surface area contributed by atoms with Gasteiger partial charge in [-0.05, 0) is 0 Å². The van der Waals surface area contributed by atoms with Crippen molar-refractivity contribution in [3.05, 3.63) is 0 Å². The fourth-order valence-electron chi connectivity index (χ4n) is 0. The fourth-order valence-corrected chi connectivity index (χ4v) is 0. The molecule has 12 heavy (non-hydrogen) atoms. The van der Waals surface area contributed by atoms with Gasteiger partial charge >= 0.3 is 39.0 Å². The first-order valence-electron chi connectivity index (χ1n) is 1.41. The number of phosphoric acid groups is 1. The fraction of sp³-hybridized carbons (Fsp3) is 0. The van der Waals surface area contributed by atoms with Gasteiger partial charge in [0.25, 0.3) is 0 Å². The molecule has 0 rings (SSSR count). The molecule has 0 spiro atoms. The van der Waals surface area contributed by atoms with E-state index < -0.39 is 18.2 Å². The van der Waals surface area contributed by atoms with Crippen molar-refractivity contribution in [2.24, 2.45) is 0 Å². The van der Waals surface area contributed by atoms with Crippen molar-refractivity contribution in [3.8, 4) is 0 Å². The summed E-state index contributed by atoms with van der Waals surface area (Å²) in [5.74, 6) is 0. The van der Waals surface area contributed by atoms with Crippen LogP contribution in [0.3, 0.4) is 0 Å². The molecule has 0 saturated carbocycles. The molecule has 0 amide bonds. The summed E-state index contributed by atoms with van der Waals surface area (Å²) in [5.41, 5.74) is 0. The summed E-state index contributed by atoms with van der Waals surface area (Å²) < 4.78 is 41.4. The molecule has 8 nitrogen and oxygen atoms in total. The van der Waals surface area contributed by atoms with E-state index in [0.29, 0.717) is 0 Å². The molecule has 0 aliphatic heterocycles. The van der Waals surface area contributed by atoms with Crippen LogP contribution in [0.25, 0.3) is 0 Å². The standard InChI is InChI=1S/H3O4P.H2O4S.2Zn/c2*1-5(2,3)4;;/h(H3,1,2,3,4);(H2,1,2,3,4);;/q;;2*+2/p-4. The molecule has 0 heterocycles. The molecule has 0 aliphatic rings. The van der Waals surface area contributed by atoms with Gasteiger partial charge in [-0.2, -0.15) is 7.82 Å². The first-order chi connectivity index (χ1) is 4.00. The predicted molar refractivity (Wildman–Crippen MR) is 19.9 cm³/mol. The van der Waals surface area contributed by atoms with Crippen LogP contribution in [0.1, 0.15) is 0 Å². The second-order valence-corrected chi connectivity index (χ2v) is 2.62. The second kappa shape index (κ2) is 8.81. The Balaban J connectivity index is -0.0000000457. The van der Waals surface area contributed by atoms with E-state index in [-0.39, 0.29) is 39.0 Å². The molecule has 0 atom stereocenters. The van der Waals surface area contributed by atoms with E-state index in [0.717, 1.165) is 0 Å². The van der Waals surface area contributed by atoms with Crippen LogP contribution in [0.4, 0.5) is 0 Å². The van der Waals surface area contributed by atoms with Crippen molar-refractivity contribution >= 4 is 18.2 Å². The normalized spacial score (nSPS) is 9.75. The Morgan fingerprint density at radius 3 is 1.08 bits per heavy atom. The van der Waals surface area contributed by atoms with Crippen molar-refractivity contribution in [1.29, 1.82) is 0 Å². The van der Waals surface area contributed by atoms with Gasteiger partial charge in [0.15, 0.2) is 0 Å².